The minimum Gasteiger partial charge on any atom is -0.0683 e. The Bertz CT molecular complexity index is 68.1. The Morgan fingerprint density at radius 1 is 0.727 bits per heavy atom. The number of hydrogen-bond acceptors (Lipinski definition) is 0. The molecule has 0 aromatic carbocycles. The van der Waals surface area contributed by atoms with E-state index in [1.54, 1.807) is 0 Å². The molecule has 0 spiro atoms. The zero-order valence-electron chi connectivity index (χ0n) is 8.69. The zero-order valence-corrected chi connectivity index (χ0v) is 8.69. The van der Waals surface area contributed by atoms with E-state index in [-0.39, 0.29) is 0 Å². The van der Waals surface area contributed by atoms with Crippen LogP contribution in [0.3, 0.4) is 0 Å². The highest BCUT2D eigenvalue weighted by Gasteiger charge is 2.12. The summed E-state index contributed by atoms with van der Waals surface area (Å²) in [6.45, 7) is 8.59. The van der Waals surface area contributed by atoms with Crippen molar-refractivity contribution in [3.8, 4) is 0 Å². The van der Waals surface area contributed by atoms with Gasteiger partial charge in [-0.1, -0.05) is 59.8 Å². The quantitative estimate of drug-likeness (QED) is 0.492. The summed E-state index contributed by atoms with van der Waals surface area (Å²) in [5.74, 6) is 2.15. The lowest BCUT2D eigenvalue weighted by molar-refractivity contribution is 0.346. The molecule has 0 atom stereocenters. The van der Waals surface area contributed by atoms with Crippen LogP contribution in [0.15, 0.2) is 0 Å². The van der Waals surface area contributed by atoms with Crippen LogP contribution in [0.2, 0.25) is 0 Å². The summed E-state index contributed by atoms with van der Waals surface area (Å²) in [4.78, 5) is 0. The van der Waals surface area contributed by atoms with Crippen molar-refractivity contribution in [2.45, 2.75) is 59.8 Å². The molecule has 0 saturated heterocycles. The molecule has 2 aliphatic carbocycles. The molecule has 0 heterocycles. The predicted molar refractivity (Wildman–Crippen MR) is 52.8 cm³/mol. The third-order valence-corrected chi connectivity index (χ3v) is 2.26. The Labute approximate surface area is 72.4 Å². The van der Waals surface area contributed by atoms with Crippen LogP contribution in [-0.4, -0.2) is 0 Å². The van der Waals surface area contributed by atoms with Gasteiger partial charge in [0, 0.05) is 0 Å². The number of rotatable bonds is 0. The van der Waals surface area contributed by atoms with Crippen LogP contribution >= 0.6 is 0 Å². The molecule has 0 radical (unpaired) electrons. The monoisotopic (exact) mass is 156 g/mol. The maximum atomic E-state index is 2.31. The smallest absolute Gasteiger partial charge is 0.0443 e. The van der Waals surface area contributed by atoms with Crippen molar-refractivity contribution >= 4 is 0 Å². The van der Waals surface area contributed by atoms with E-state index < -0.39 is 0 Å². The van der Waals surface area contributed by atoms with Crippen LogP contribution in [0.4, 0.5) is 0 Å². The molecule has 0 nitrogen and oxygen atoms in total. The van der Waals surface area contributed by atoms with Gasteiger partial charge in [0.25, 0.3) is 0 Å². The third kappa shape index (κ3) is 7.90. The van der Waals surface area contributed by atoms with Gasteiger partial charge in [0.1, 0.15) is 0 Å². The largest absolute Gasteiger partial charge is 0.0683 e. The highest BCUT2D eigenvalue weighted by Crippen LogP contribution is 2.26. The predicted octanol–water partition coefficient (Wildman–Crippen LogP) is 4.25. The van der Waals surface area contributed by atoms with E-state index in [4.69, 9.17) is 0 Å². The summed E-state index contributed by atoms with van der Waals surface area (Å²) in [7, 11) is 0. The molecule has 0 aliphatic heterocycles. The van der Waals surface area contributed by atoms with Crippen LogP contribution in [0.25, 0.3) is 0 Å². The minimum absolute atomic E-state index is 1.06. The molecular weight excluding hydrogens is 132 g/mol. The minimum atomic E-state index is 1.06. The van der Waals surface area contributed by atoms with E-state index in [0.29, 0.717) is 0 Å². The van der Waals surface area contributed by atoms with Crippen molar-refractivity contribution < 1.29 is 0 Å². The lowest BCUT2D eigenvalue weighted by Crippen LogP contribution is -2.04. The first-order valence-electron chi connectivity index (χ1n) is 5.29. The second-order valence-electron chi connectivity index (χ2n) is 3.72. The van der Waals surface area contributed by atoms with Crippen molar-refractivity contribution in [2.24, 2.45) is 11.8 Å². The topological polar surface area (TPSA) is 0 Å². The molecule has 11 heavy (non-hydrogen) atoms. The molecule has 2 rings (SSSR count). The highest BCUT2D eigenvalue weighted by molar-refractivity contribution is 4.65. The van der Waals surface area contributed by atoms with Crippen LogP contribution in [-0.2, 0) is 0 Å². The normalized spacial score (nSPS) is 21.8. The van der Waals surface area contributed by atoms with E-state index in [2.05, 4.69) is 13.8 Å². The Morgan fingerprint density at radius 2 is 1.00 bits per heavy atom. The van der Waals surface area contributed by atoms with Crippen molar-refractivity contribution in [1.82, 2.24) is 0 Å². The second kappa shape index (κ2) is 6.69. The van der Waals surface area contributed by atoms with Gasteiger partial charge >= 0.3 is 0 Å². The van der Waals surface area contributed by atoms with Gasteiger partial charge in [0.15, 0.2) is 0 Å². The molecule has 2 aliphatic rings. The van der Waals surface area contributed by atoms with E-state index in [1.807, 2.05) is 13.8 Å². The van der Waals surface area contributed by atoms with Crippen LogP contribution in [0.1, 0.15) is 59.8 Å². The maximum absolute atomic E-state index is 2.31. The van der Waals surface area contributed by atoms with E-state index >= 15 is 0 Å². The summed E-state index contributed by atoms with van der Waals surface area (Å²) < 4.78 is 0. The Morgan fingerprint density at radius 3 is 1.00 bits per heavy atom. The highest BCUT2D eigenvalue weighted by atomic mass is 14.2. The fourth-order valence-electron chi connectivity index (χ4n) is 0.779. The van der Waals surface area contributed by atoms with Gasteiger partial charge in [-0.05, 0) is 11.8 Å². The molecule has 0 unspecified atom stereocenters. The fraction of sp³-hybridized carbons (Fsp3) is 1.00. The first-order valence-corrected chi connectivity index (χ1v) is 5.29. The average Bonchev–Trinajstić information content (AvgIpc) is 2.73. The van der Waals surface area contributed by atoms with E-state index in [1.165, 1.54) is 32.1 Å². The molecule has 0 aromatic heterocycles. The van der Waals surface area contributed by atoms with Gasteiger partial charge in [-0.25, -0.2) is 0 Å². The molecule has 0 aromatic rings. The van der Waals surface area contributed by atoms with E-state index in [0.717, 1.165) is 11.8 Å². The Balaban J connectivity index is 0.000000152. The summed E-state index contributed by atoms with van der Waals surface area (Å²) >= 11 is 0. The molecular formula is C11H24. The Kier molecular flexibility index (Phi) is 6.69. The zero-order chi connectivity index (χ0) is 8.69. The molecule has 2 fully saturated rings. The average molecular weight is 156 g/mol. The summed E-state index contributed by atoms with van der Waals surface area (Å²) in [6.07, 6.45) is 7.43. The van der Waals surface area contributed by atoms with Crippen molar-refractivity contribution in [3.05, 3.63) is 0 Å². The lowest BCUT2D eigenvalue weighted by Gasteiger charge is -2.18. The van der Waals surface area contributed by atoms with Gasteiger partial charge in [-0.15, -0.1) is 0 Å². The first kappa shape index (κ1) is 11.0. The van der Waals surface area contributed by atoms with Gasteiger partial charge in [0.2, 0.25) is 0 Å². The first-order chi connectivity index (χ1) is 5.29. The van der Waals surface area contributed by atoms with Gasteiger partial charge in [-0.3, -0.25) is 0 Å². The molecule has 0 bridgehead atoms. The Hall–Kier alpha value is 0. The molecule has 0 N–H and O–H groups in total. The molecule has 2 saturated carbocycles. The maximum Gasteiger partial charge on any atom is -0.0443 e. The van der Waals surface area contributed by atoms with Crippen molar-refractivity contribution in [1.29, 1.82) is 0 Å². The molecule has 0 amide bonds. The standard InChI is InChI=1S/C5H10.C4H8.C2H6/c1-5-3-2-4-5;1-4-2-3-4;1-2/h5H,2-4H2,1H3;4H,2-3H2,1H3;1-2H3. The van der Waals surface area contributed by atoms with Gasteiger partial charge in [0.05, 0.1) is 0 Å². The van der Waals surface area contributed by atoms with Gasteiger partial charge in [-0.2, -0.15) is 0 Å². The number of hydrogen-bond donors (Lipinski definition) is 0. The van der Waals surface area contributed by atoms with Crippen LogP contribution < -0.4 is 0 Å². The molecule has 0 heteroatoms. The summed E-state index contributed by atoms with van der Waals surface area (Å²) in [5, 5.41) is 0. The molecule has 68 valence electrons. The van der Waals surface area contributed by atoms with Crippen LogP contribution in [0.5, 0.6) is 0 Å². The van der Waals surface area contributed by atoms with E-state index in [9.17, 15) is 0 Å². The van der Waals surface area contributed by atoms with Gasteiger partial charge < -0.3 is 0 Å². The third-order valence-electron chi connectivity index (χ3n) is 2.26. The fourth-order valence-corrected chi connectivity index (χ4v) is 0.779. The summed E-state index contributed by atoms with van der Waals surface area (Å²) in [6, 6.07) is 0. The SMILES string of the molecule is CC.CC1CC1.CC1CCC1. The second-order valence-corrected chi connectivity index (χ2v) is 3.72. The van der Waals surface area contributed by atoms with Crippen LogP contribution in [0, 0.1) is 11.8 Å². The summed E-state index contributed by atoms with van der Waals surface area (Å²) in [5.41, 5.74) is 0. The van der Waals surface area contributed by atoms with Crippen molar-refractivity contribution in [2.75, 3.05) is 0 Å². The van der Waals surface area contributed by atoms with Crippen molar-refractivity contribution in [3.63, 3.8) is 0 Å². The lowest BCUT2D eigenvalue weighted by atomic mass is 9.88.